The minimum Gasteiger partial charge on any atom is -0.387 e. The molecule has 108 valence electrons. The number of aryl methyl sites for hydroxylation is 1. The van der Waals surface area contributed by atoms with E-state index in [1.807, 2.05) is 0 Å². The van der Waals surface area contributed by atoms with Crippen molar-refractivity contribution in [3.63, 3.8) is 0 Å². The molecule has 8 heteroatoms. The second-order valence-electron chi connectivity index (χ2n) is 4.27. The van der Waals surface area contributed by atoms with Gasteiger partial charge in [0.1, 0.15) is 5.82 Å². The van der Waals surface area contributed by atoms with Crippen LogP contribution in [0.4, 0.5) is 9.52 Å². The molecule has 2 aromatic rings. The van der Waals surface area contributed by atoms with Crippen LogP contribution in [0, 0.1) is 12.7 Å². The van der Waals surface area contributed by atoms with Gasteiger partial charge in [0.25, 0.3) is 10.0 Å². The number of aliphatic hydroxyl groups is 1. The van der Waals surface area contributed by atoms with E-state index in [1.165, 1.54) is 19.9 Å². The maximum Gasteiger partial charge on any atom is 0.263 e. The smallest absolute Gasteiger partial charge is 0.263 e. The van der Waals surface area contributed by atoms with Gasteiger partial charge in [-0.15, -0.1) is 11.3 Å². The first kappa shape index (κ1) is 14.9. The molecule has 0 bridgehead atoms. The van der Waals surface area contributed by atoms with E-state index in [-0.39, 0.29) is 10.0 Å². The zero-order valence-corrected chi connectivity index (χ0v) is 12.4. The van der Waals surface area contributed by atoms with Gasteiger partial charge in [-0.3, -0.25) is 4.72 Å². The van der Waals surface area contributed by atoms with Crippen LogP contribution in [0.5, 0.6) is 0 Å². The fourth-order valence-corrected chi connectivity index (χ4v) is 3.89. The third-order valence-electron chi connectivity index (χ3n) is 2.60. The predicted molar refractivity (Wildman–Crippen MR) is 74.7 cm³/mol. The molecule has 0 spiro atoms. The van der Waals surface area contributed by atoms with Gasteiger partial charge in [-0.25, -0.2) is 17.8 Å². The number of benzene rings is 1. The maximum absolute atomic E-state index is 13.0. The number of nitrogens with zero attached hydrogens (tertiary/aromatic N) is 1. The lowest BCUT2D eigenvalue weighted by Crippen LogP contribution is -2.14. The highest BCUT2D eigenvalue weighted by Gasteiger charge is 2.19. The summed E-state index contributed by atoms with van der Waals surface area (Å²) < 4.78 is 39.7. The quantitative estimate of drug-likeness (QED) is 0.908. The van der Waals surface area contributed by atoms with Crippen LogP contribution in [0.25, 0.3) is 0 Å². The summed E-state index contributed by atoms with van der Waals surface area (Å²) in [6, 6.07) is 3.44. The lowest BCUT2D eigenvalue weighted by Gasteiger charge is -2.08. The number of rotatable bonds is 4. The van der Waals surface area contributed by atoms with Crippen LogP contribution in [-0.2, 0) is 10.0 Å². The lowest BCUT2D eigenvalue weighted by molar-refractivity contribution is 0.195. The van der Waals surface area contributed by atoms with Crippen molar-refractivity contribution in [3.8, 4) is 0 Å². The number of aliphatic hydroxyl groups excluding tert-OH is 1. The normalized spacial score (nSPS) is 13.2. The number of anilines is 1. The highest BCUT2D eigenvalue weighted by molar-refractivity contribution is 7.93. The SMILES string of the molecule is Cc1cc(F)ccc1S(=O)(=O)Nc1nc(C(C)O)cs1. The van der Waals surface area contributed by atoms with Crippen molar-refractivity contribution >= 4 is 26.5 Å². The Hall–Kier alpha value is -1.51. The third kappa shape index (κ3) is 3.14. The van der Waals surface area contributed by atoms with E-state index in [9.17, 15) is 17.9 Å². The molecule has 0 saturated heterocycles. The monoisotopic (exact) mass is 316 g/mol. The average molecular weight is 316 g/mol. The number of thiazole rings is 1. The van der Waals surface area contributed by atoms with Gasteiger partial charge >= 0.3 is 0 Å². The zero-order chi connectivity index (χ0) is 14.9. The Balaban J connectivity index is 2.30. The van der Waals surface area contributed by atoms with Crippen LogP contribution in [0.1, 0.15) is 24.3 Å². The van der Waals surface area contributed by atoms with Crippen molar-refractivity contribution in [2.45, 2.75) is 24.8 Å². The van der Waals surface area contributed by atoms with E-state index in [1.54, 1.807) is 5.38 Å². The standard InChI is InChI=1S/C12H13FN2O3S2/c1-7-5-9(13)3-4-11(7)20(17,18)15-12-14-10(6-19-12)8(2)16/h3-6,8,16H,1-2H3,(H,14,15). The minimum atomic E-state index is -3.82. The topological polar surface area (TPSA) is 79.3 Å². The molecule has 1 heterocycles. The van der Waals surface area contributed by atoms with Gasteiger partial charge in [0.15, 0.2) is 5.13 Å². The Kier molecular flexibility index (Phi) is 4.07. The summed E-state index contributed by atoms with van der Waals surface area (Å²) >= 11 is 1.07. The van der Waals surface area contributed by atoms with Crippen molar-refractivity contribution in [3.05, 3.63) is 40.7 Å². The van der Waals surface area contributed by atoms with E-state index < -0.39 is 21.9 Å². The average Bonchev–Trinajstić information content (AvgIpc) is 2.76. The first-order valence-electron chi connectivity index (χ1n) is 5.72. The number of aromatic nitrogens is 1. The molecule has 1 aromatic heterocycles. The molecule has 20 heavy (non-hydrogen) atoms. The molecule has 1 unspecified atom stereocenters. The molecule has 1 atom stereocenters. The van der Waals surface area contributed by atoms with E-state index in [4.69, 9.17) is 0 Å². The van der Waals surface area contributed by atoms with Gasteiger partial charge in [0, 0.05) is 5.38 Å². The van der Waals surface area contributed by atoms with Gasteiger partial charge in [-0.2, -0.15) is 0 Å². The Morgan fingerprint density at radius 2 is 2.15 bits per heavy atom. The highest BCUT2D eigenvalue weighted by atomic mass is 32.2. The summed E-state index contributed by atoms with van der Waals surface area (Å²) in [5.41, 5.74) is 0.702. The molecule has 5 nitrogen and oxygen atoms in total. The van der Waals surface area contributed by atoms with E-state index in [0.717, 1.165) is 23.5 Å². The van der Waals surface area contributed by atoms with Crippen molar-refractivity contribution in [2.24, 2.45) is 0 Å². The van der Waals surface area contributed by atoms with Gasteiger partial charge in [-0.05, 0) is 37.6 Å². The van der Waals surface area contributed by atoms with E-state index in [0.29, 0.717) is 11.3 Å². The fraction of sp³-hybridized carbons (Fsp3) is 0.250. The second kappa shape index (κ2) is 5.47. The summed E-state index contributed by atoms with van der Waals surface area (Å²) in [5.74, 6) is -0.493. The lowest BCUT2D eigenvalue weighted by atomic mass is 10.2. The van der Waals surface area contributed by atoms with Crippen LogP contribution in [0.3, 0.4) is 0 Å². The summed E-state index contributed by atoms with van der Waals surface area (Å²) in [5, 5.41) is 11.1. The summed E-state index contributed by atoms with van der Waals surface area (Å²) in [6.45, 7) is 3.05. The van der Waals surface area contributed by atoms with Gasteiger partial charge < -0.3 is 5.11 Å². The molecule has 2 rings (SSSR count). The molecular formula is C12H13FN2O3S2. The van der Waals surface area contributed by atoms with Crippen molar-refractivity contribution < 1.29 is 17.9 Å². The van der Waals surface area contributed by atoms with Crippen molar-refractivity contribution in [2.75, 3.05) is 4.72 Å². The Labute approximate surface area is 120 Å². The molecule has 0 fully saturated rings. The molecule has 2 N–H and O–H groups in total. The summed E-state index contributed by atoms with van der Waals surface area (Å²) in [7, 11) is -3.82. The van der Waals surface area contributed by atoms with Crippen LogP contribution in [-0.4, -0.2) is 18.5 Å². The minimum absolute atomic E-state index is 0.00676. The van der Waals surface area contributed by atoms with Crippen molar-refractivity contribution in [1.29, 1.82) is 0 Å². The highest BCUT2D eigenvalue weighted by Crippen LogP contribution is 2.24. The van der Waals surface area contributed by atoms with Crippen molar-refractivity contribution in [1.82, 2.24) is 4.98 Å². The van der Waals surface area contributed by atoms with Crippen LogP contribution >= 0.6 is 11.3 Å². The first-order valence-corrected chi connectivity index (χ1v) is 8.08. The van der Waals surface area contributed by atoms with Crippen LogP contribution in [0.2, 0.25) is 0 Å². The van der Waals surface area contributed by atoms with E-state index in [2.05, 4.69) is 9.71 Å². The molecule has 0 aliphatic heterocycles. The van der Waals surface area contributed by atoms with E-state index >= 15 is 0 Å². The Morgan fingerprint density at radius 3 is 2.70 bits per heavy atom. The predicted octanol–water partition coefficient (Wildman–Crippen LogP) is 2.44. The van der Waals surface area contributed by atoms with Crippen LogP contribution in [0.15, 0.2) is 28.5 Å². The molecule has 0 saturated carbocycles. The molecule has 0 aliphatic carbocycles. The molecule has 0 aliphatic rings. The summed E-state index contributed by atoms with van der Waals surface area (Å²) in [4.78, 5) is 3.97. The number of nitrogens with one attached hydrogen (secondary N) is 1. The van der Waals surface area contributed by atoms with Crippen LogP contribution < -0.4 is 4.72 Å². The number of hydrogen-bond donors (Lipinski definition) is 2. The summed E-state index contributed by atoms with van der Waals surface area (Å²) in [6.07, 6.45) is -0.767. The number of hydrogen-bond acceptors (Lipinski definition) is 5. The Morgan fingerprint density at radius 1 is 1.45 bits per heavy atom. The molecular weight excluding hydrogens is 303 g/mol. The second-order valence-corrected chi connectivity index (χ2v) is 6.78. The maximum atomic E-state index is 13.0. The van der Waals surface area contributed by atoms with Gasteiger partial charge in [0.2, 0.25) is 0 Å². The molecule has 1 aromatic carbocycles. The zero-order valence-electron chi connectivity index (χ0n) is 10.8. The molecule has 0 radical (unpaired) electrons. The van der Waals surface area contributed by atoms with Gasteiger partial charge in [0.05, 0.1) is 16.7 Å². The number of halogens is 1. The largest absolute Gasteiger partial charge is 0.387 e. The number of sulfonamides is 1. The third-order valence-corrected chi connectivity index (χ3v) is 5.00. The molecule has 0 amide bonds. The van der Waals surface area contributed by atoms with Gasteiger partial charge in [-0.1, -0.05) is 0 Å². The fourth-order valence-electron chi connectivity index (χ4n) is 1.61. The Bertz CT molecular complexity index is 726. The first-order chi connectivity index (χ1) is 9.29.